The Morgan fingerprint density at radius 2 is 1.77 bits per heavy atom. The van der Waals surface area contributed by atoms with Crippen molar-refractivity contribution in [3.8, 4) is 5.88 Å². The SMILES string of the molecule is COc1nc(N)c(C(=N)NC(=O)c2ccc(N3CCN(C)CC3)cc2NC2CCOCC2)cc1Sc1cc(F)cc(F)c1. The van der Waals surface area contributed by atoms with Crippen LogP contribution in [0, 0.1) is 17.0 Å². The number of carbonyl (C=O) groups excluding carboxylic acids is 1. The Morgan fingerprint density at radius 1 is 1.07 bits per heavy atom. The number of hydrogen-bond donors (Lipinski definition) is 4. The topological polar surface area (TPSA) is 129 Å². The summed E-state index contributed by atoms with van der Waals surface area (Å²) >= 11 is 0.999. The van der Waals surface area contributed by atoms with Gasteiger partial charge in [0, 0.05) is 67.8 Å². The summed E-state index contributed by atoms with van der Waals surface area (Å²) in [6, 6.07) is 10.5. The average molecular weight is 612 g/mol. The van der Waals surface area contributed by atoms with Gasteiger partial charge in [-0.05, 0) is 56.3 Å². The molecule has 3 aromatic rings. The van der Waals surface area contributed by atoms with Crippen LogP contribution in [0.3, 0.4) is 0 Å². The molecule has 43 heavy (non-hydrogen) atoms. The molecule has 0 saturated carbocycles. The van der Waals surface area contributed by atoms with Gasteiger partial charge in [0.05, 0.1) is 23.1 Å². The first kappa shape index (κ1) is 30.5. The number of benzene rings is 2. The zero-order valence-corrected chi connectivity index (χ0v) is 24.9. The van der Waals surface area contributed by atoms with E-state index < -0.39 is 17.5 Å². The highest BCUT2D eigenvalue weighted by atomic mass is 32.2. The van der Waals surface area contributed by atoms with Crippen LogP contribution in [0.4, 0.5) is 26.0 Å². The number of amides is 1. The normalized spacial score (nSPS) is 16.1. The molecule has 0 aliphatic carbocycles. The summed E-state index contributed by atoms with van der Waals surface area (Å²) in [6.45, 7) is 4.97. The lowest BCUT2D eigenvalue weighted by atomic mass is 10.1. The fraction of sp³-hybridized carbons (Fsp3) is 0.367. The highest BCUT2D eigenvalue weighted by molar-refractivity contribution is 7.99. The molecule has 2 aliphatic heterocycles. The van der Waals surface area contributed by atoms with Crippen LogP contribution in [0.5, 0.6) is 5.88 Å². The number of rotatable bonds is 8. The van der Waals surface area contributed by atoms with Gasteiger partial charge in [-0.15, -0.1) is 0 Å². The summed E-state index contributed by atoms with van der Waals surface area (Å²) in [5, 5.41) is 14.9. The number of amidine groups is 1. The molecule has 5 rings (SSSR count). The van der Waals surface area contributed by atoms with Crippen LogP contribution < -0.4 is 26.0 Å². The van der Waals surface area contributed by atoms with Crippen molar-refractivity contribution in [2.45, 2.75) is 28.7 Å². The Bertz CT molecular complexity index is 1470. The Hall–Kier alpha value is -3.94. The van der Waals surface area contributed by atoms with Gasteiger partial charge in [-0.2, -0.15) is 4.98 Å². The molecule has 2 aliphatic rings. The van der Waals surface area contributed by atoms with Gasteiger partial charge >= 0.3 is 0 Å². The van der Waals surface area contributed by atoms with E-state index in [2.05, 4.69) is 32.5 Å². The molecule has 1 amide bonds. The fourth-order valence-corrected chi connectivity index (χ4v) is 6.04. The molecular formula is C30H35F2N7O3S. The number of likely N-dealkylation sites (N-methyl/N-ethyl adjacent to an activating group) is 1. The molecule has 10 nitrogen and oxygen atoms in total. The summed E-state index contributed by atoms with van der Waals surface area (Å²) in [7, 11) is 3.50. The second-order valence-electron chi connectivity index (χ2n) is 10.5. The van der Waals surface area contributed by atoms with E-state index in [4.69, 9.17) is 20.6 Å². The third-order valence-corrected chi connectivity index (χ3v) is 8.43. The molecule has 2 fully saturated rings. The van der Waals surface area contributed by atoms with Gasteiger partial charge in [0.1, 0.15) is 23.3 Å². The van der Waals surface area contributed by atoms with Gasteiger partial charge in [0.2, 0.25) is 5.88 Å². The number of methoxy groups -OCH3 is 1. The summed E-state index contributed by atoms with van der Waals surface area (Å²) in [4.78, 5) is 23.0. The first-order valence-electron chi connectivity index (χ1n) is 14.0. The summed E-state index contributed by atoms with van der Waals surface area (Å²) < 4.78 is 38.4. The number of anilines is 3. The molecule has 0 radical (unpaired) electrons. The van der Waals surface area contributed by atoms with Gasteiger partial charge in [0.25, 0.3) is 5.91 Å². The van der Waals surface area contributed by atoms with Crippen molar-refractivity contribution < 1.29 is 23.0 Å². The number of nitrogens with zero attached hydrogens (tertiary/aromatic N) is 3. The lowest BCUT2D eigenvalue weighted by Crippen LogP contribution is -2.44. The van der Waals surface area contributed by atoms with Crippen molar-refractivity contribution in [2.24, 2.45) is 0 Å². The molecule has 1 aromatic heterocycles. The van der Waals surface area contributed by atoms with E-state index in [-0.39, 0.29) is 34.0 Å². The second-order valence-corrected chi connectivity index (χ2v) is 11.6. The molecule has 0 atom stereocenters. The quantitative estimate of drug-likeness (QED) is 0.219. The maximum Gasteiger partial charge on any atom is 0.258 e. The average Bonchev–Trinajstić information content (AvgIpc) is 2.98. The summed E-state index contributed by atoms with van der Waals surface area (Å²) in [6.07, 6.45) is 1.64. The van der Waals surface area contributed by atoms with Crippen LogP contribution in [0.25, 0.3) is 0 Å². The van der Waals surface area contributed by atoms with Gasteiger partial charge in [0.15, 0.2) is 0 Å². The molecule has 2 saturated heterocycles. The molecular weight excluding hydrogens is 576 g/mol. The van der Waals surface area contributed by atoms with Crippen molar-refractivity contribution in [1.29, 1.82) is 5.41 Å². The van der Waals surface area contributed by atoms with E-state index >= 15 is 0 Å². The first-order chi connectivity index (χ1) is 20.7. The number of aromatic nitrogens is 1. The number of piperazine rings is 1. The minimum atomic E-state index is -0.728. The molecule has 0 spiro atoms. The minimum Gasteiger partial charge on any atom is -0.480 e. The zero-order valence-electron chi connectivity index (χ0n) is 24.1. The largest absolute Gasteiger partial charge is 0.480 e. The third-order valence-electron chi connectivity index (χ3n) is 7.45. The number of nitrogen functional groups attached to an aromatic ring is 1. The predicted octanol–water partition coefficient (Wildman–Crippen LogP) is 4.20. The molecule has 228 valence electrons. The standard InChI is InChI=1S/C30H35F2N7O3S/c1-38-7-9-39(10-8-38)21-3-4-23(25(16-21)35-20-5-11-42-12-6-20)29(40)36-27(33)24-17-26(30(41-2)37-28(24)34)43-22-14-18(31)13-19(32)15-22/h3-4,13-17,20,35H,5-12H2,1-2H3,(H2,34,37)(H2,33,36,40). The summed E-state index contributed by atoms with van der Waals surface area (Å²) in [5.41, 5.74) is 8.37. The van der Waals surface area contributed by atoms with E-state index in [9.17, 15) is 13.6 Å². The monoisotopic (exact) mass is 611 g/mol. The van der Waals surface area contributed by atoms with Crippen LogP contribution >= 0.6 is 11.8 Å². The maximum absolute atomic E-state index is 13.8. The molecule has 5 N–H and O–H groups in total. The van der Waals surface area contributed by atoms with Crippen LogP contribution in [0.15, 0.2) is 52.3 Å². The maximum atomic E-state index is 13.8. The fourth-order valence-electron chi connectivity index (χ4n) is 5.05. The molecule has 13 heteroatoms. The Morgan fingerprint density at radius 3 is 2.44 bits per heavy atom. The van der Waals surface area contributed by atoms with Crippen LogP contribution in [-0.4, -0.2) is 81.2 Å². The van der Waals surface area contributed by atoms with Crippen molar-refractivity contribution in [1.82, 2.24) is 15.2 Å². The van der Waals surface area contributed by atoms with E-state index in [1.807, 2.05) is 12.1 Å². The molecule has 2 aromatic carbocycles. The molecule has 3 heterocycles. The zero-order chi connectivity index (χ0) is 30.5. The first-order valence-corrected chi connectivity index (χ1v) is 14.8. The highest BCUT2D eigenvalue weighted by Crippen LogP contribution is 2.36. The lowest BCUT2D eigenvalue weighted by molar-refractivity contribution is 0.0904. The Kier molecular flexibility index (Phi) is 9.63. The number of carbonyl (C=O) groups is 1. The Labute approximate surface area is 253 Å². The number of pyridine rings is 1. The highest BCUT2D eigenvalue weighted by Gasteiger charge is 2.23. The number of nitrogens with two attached hydrogens (primary N) is 1. The van der Waals surface area contributed by atoms with Gasteiger partial charge < -0.3 is 35.6 Å². The van der Waals surface area contributed by atoms with Crippen molar-refractivity contribution >= 4 is 40.7 Å². The van der Waals surface area contributed by atoms with Crippen LogP contribution in [0.2, 0.25) is 0 Å². The lowest BCUT2D eigenvalue weighted by Gasteiger charge is -2.34. The van der Waals surface area contributed by atoms with Gasteiger partial charge in [-0.1, -0.05) is 11.8 Å². The molecule has 0 bridgehead atoms. The van der Waals surface area contributed by atoms with E-state index in [0.717, 1.165) is 62.5 Å². The summed E-state index contributed by atoms with van der Waals surface area (Å²) in [5.74, 6) is -2.13. The number of halogens is 2. The van der Waals surface area contributed by atoms with E-state index in [1.165, 1.54) is 25.3 Å². The smallest absolute Gasteiger partial charge is 0.258 e. The predicted molar refractivity (Wildman–Crippen MR) is 164 cm³/mol. The Balaban J connectivity index is 1.39. The number of ether oxygens (including phenoxy) is 2. The molecule has 0 unspecified atom stereocenters. The van der Waals surface area contributed by atoms with Crippen LogP contribution in [-0.2, 0) is 4.74 Å². The van der Waals surface area contributed by atoms with E-state index in [1.54, 1.807) is 6.07 Å². The second kappa shape index (κ2) is 13.6. The van der Waals surface area contributed by atoms with Crippen molar-refractivity contribution in [3.63, 3.8) is 0 Å². The minimum absolute atomic E-state index is 0.0390. The van der Waals surface area contributed by atoms with Gasteiger partial charge in [-0.25, -0.2) is 8.78 Å². The number of hydrogen-bond acceptors (Lipinski definition) is 10. The van der Waals surface area contributed by atoms with Crippen molar-refractivity contribution in [2.75, 3.05) is 69.5 Å². The van der Waals surface area contributed by atoms with Crippen LogP contribution in [0.1, 0.15) is 28.8 Å². The van der Waals surface area contributed by atoms with Crippen molar-refractivity contribution in [3.05, 3.63) is 65.2 Å². The number of nitrogens with one attached hydrogen (secondary N) is 3. The van der Waals surface area contributed by atoms with Gasteiger partial charge in [-0.3, -0.25) is 10.2 Å². The van der Waals surface area contributed by atoms with E-state index in [0.29, 0.717) is 29.4 Å². The third kappa shape index (κ3) is 7.53.